The highest BCUT2D eigenvalue weighted by Gasteiger charge is 2.05. The molecule has 2 aromatic rings. The quantitative estimate of drug-likeness (QED) is 0.868. The van der Waals surface area contributed by atoms with E-state index in [0.29, 0.717) is 10.7 Å². The summed E-state index contributed by atoms with van der Waals surface area (Å²) < 4.78 is 0. The van der Waals surface area contributed by atoms with Gasteiger partial charge < -0.3 is 10.6 Å². The Kier molecular flexibility index (Phi) is 4.12. The van der Waals surface area contributed by atoms with Gasteiger partial charge in [0.15, 0.2) is 0 Å². The fourth-order valence-corrected chi connectivity index (χ4v) is 1.96. The highest BCUT2D eigenvalue weighted by atomic mass is 32.1. The first-order valence-corrected chi connectivity index (χ1v) is 6.49. The Balaban J connectivity index is 2.15. The van der Waals surface area contributed by atoms with E-state index in [-0.39, 0.29) is 0 Å². The third-order valence-corrected chi connectivity index (χ3v) is 3.19. The molecule has 0 unspecified atom stereocenters. The van der Waals surface area contributed by atoms with Crippen LogP contribution >= 0.6 is 12.2 Å². The molecule has 0 bridgehead atoms. The van der Waals surface area contributed by atoms with E-state index in [2.05, 4.69) is 41.1 Å². The van der Waals surface area contributed by atoms with Gasteiger partial charge in [-0.3, -0.25) is 4.98 Å². The Morgan fingerprint density at radius 2 is 1.95 bits per heavy atom. The van der Waals surface area contributed by atoms with Crippen molar-refractivity contribution in [3.05, 3.63) is 59.4 Å². The van der Waals surface area contributed by atoms with Gasteiger partial charge in [-0.25, -0.2) is 0 Å². The molecule has 0 saturated carbocycles. The molecule has 1 aromatic carbocycles. The van der Waals surface area contributed by atoms with Gasteiger partial charge in [-0.05, 0) is 24.6 Å². The van der Waals surface area contributed by atoms with Crippen molar-refractivity contribution in [1.82, 2.24) is 4.98 Å². The van der Waals surface area contributed by atoms with Crippen LogP contribution in [0.3, 0.4) is 0 Å². The summed E-state index contributed by atoms with van der Waals surface area (Å²) in [6.45, 7) is 2.92. The Hall–Kier alpha value is -1.94. The fraction of sp³-hybridized carbons (Fsp3) is 0.200. The van der Waals surface area contributed by atoms with Crippen LogP contribution < -0.4 is 10.6 Å². The van der Waals surface area contributed by atoms with E-state index >= 15 is 0 Å². The van der Waals surface area contributed by atoms with Gasteiger partial charge >= 0.3 is 0 Å². The number of nitrogens with zero attached hydrogens (tertiary/aromatic N) is 2. The number of nitrogens with two attached hydrogens (primary N) is 1. The van der Waals surface area contributed by atoms with E-state index in [4.69, 9.17) is 18.0 Å². The zero-order chi connectivity index (χ0) is 13.8. The van der Waals surface area contributed by atoms with Crippen molar-refractivity contribution in [3.63, 3.8) is 0 Å². The number of aromatic nitrogens is 1. The molecule has 0 spiro atoms. The molecule has 0 amide bonds. The summed E-state index contributed by atoms with van der Waals surface area (Å²) in [5.41, 5.74) is 9.85. The Morgan fingerprint density at radius 1 is 1.26 bits per heavy atom. The summed E-state index contributed by atoms with van der Waals surface area (Å²) in [5.74, 6) is 0. The van der Waals surface area contributed by atoms with Gasteiger partial charge in [0, 0.05) is 25.5 Å². The number of pyridine rings is 1. The standard InChI is InChI=1S/C15H17N3S/c1-11-3-5-12(6-4-11)10-18(2)13-7-8-17-14(9-13)15(16)19/h3-9H,10H2,1-2H3,(H2,16,19). The van der Waals surface area contributed by atoms with E-state index in [1.54, 1.807) is 6.20 Å². The summed E-state index contributed by atoms with van der Waals surface area (Å²) in [5, 5.41) is 0. The maximum absolute atomic E-state index is 5.60. The van der Waals surface area contributed by atoms with E-state index in [1.165, 1.54) is 11.1 Å². The smallest absolute Gasteiger partial charge is 0.122 e. The Labute approximate surface area is 119 Å². The highest BCUT2D eigenvalue weighted by Crippen LogP contribution is 2.16. The van der Waals surface area contributed by atoms with Crippen LogP contribution in [0.5, 0.6) is 0 Å². The van der Waals surface area contributed by atoms with Gasteiger partial charge in [-0.1, -0.05) is 42.0 Å². The maximum Gasteiger partial charge on any atom is 0.122 e. The monoisotopic (exact) mass is 271 g/mol. The number of anilines is 1. The van der Waals surface area contributed by atoms with Crippen LogP contribution in [-0.2, 0) is 6.54 Å². The lowest BCUT2D eigenvalue weighted by molar-refractivity contribution is 0.919. The lowest BCUT2D eigenvalue weighted by Gasteiger charge is -2.20. The first-order chi connectivity index (χ1) is 9.06. The second kappa shape index (κ2) is 5.80. The van der Waals surface area contributed by atoms with Crippen molar-refractivity contribution in [3.8, 4) is 0 Å². The van der Waals surface area contributed by atoms with Crippen molar-refractivity contribution in [2.24, 2.45) is 5.73 Å². The first-order valence-electron chi connectivity index (χ1n) is 6.09. The topological polar surface area (TPSA) is 42.2 Å². The molecule has 2 rings (SSSR count). The summed E-state index contributed by atoms with van der Waals surface area (Å²) in [7, 11) is 2.04. The van der Waals surface area contributed by atoms with Crippen LogP contribution in [0.1, 0.15) is 16.8 Å². The maximum atomic E-state index is 5.60. The molecule has 0 saturated heterocycles. The fourth-order valence-electron chi connectivity index (χ4n) is 1.85. The second-order valence-electron chi connectivity index (χ2n) is 4.61. The SMILES string of the molecule is Cc1ccc(CN(C)c2ccnc(C(N)=S)c2)cc1. The largest absolute Gasteiger partial charge is 0.388 e. The molecule has 98 valence electrons. The molecule has 2 N–H and O–H groups in total. The number of hydrogen-bond donors (Lipinski definition) is 1. The van der Waals surface area contributed by atoms with Crippen LogP contribution in [-0.4, -0.2) is 17.0 Å². The number of hydrogen-bond acceptors (Lipinski definition) is 3. The summed E-state index contributed by atoms with van der Waals surface area (Å²) >= 11 is 4.95. The minimum atomic E-state index is 0.325. The van der Waals surface area contributed by atoms with Crippen molar-refractivity contribution in [2.45, 2.75) is 13.5 Å². The van der Waals surface area contributed by atoms with Crippen LogP contribution in [0.2, 0.25) is 0 Å². The Bertz CT molecular complexity index is 578. The zero-order valence-corrected chi connectivity index (χ0v) is 11.9. The molecule has 0 aliphatic heterocycles. The third kappa shape index (κ3) is 3.51. The number of benzene rings is 1. The van der Waals surface area contributed by atoms with Gasteiger partial charge in [0.25, 0.3) is 0 Å². The van der Waals surface area contributed by atoms with Gasteiger partial charge in [-0.15, -0.1) is 0 Å². The average molecular weight is 271 g/mol. The Morgan fingerprint density at radius 3 is 2.58 bits per heavy atom. The molecule has 0 atom stereocenters. The molecule has 1 heterocycles. The number of aryl methyl sites for hydroxylation is 1. The van der Waals surface area contributed by atoms with Gasteiger partial charge in [0.1, 0.15) is 4.99 Å². The van der Waals surface area contributed by atoms with Crippen molar-refractivity contribution < 1.29 is 0 Å². The lowest BCUT2D eigenvalue weighted by atomic mass is 10.1. The zero-order valence-electron chi connectivity index (χ0n) is 11.1. The molecule has 3 nitrogen and oxygen atoms in total. The van der Waals surface area contributed by atoms with Gasteiger partial charge in [0.05, 0.1) is 5.69 Å². The predicted octanol–water partition coefficient (Wildman–Crippen LogP) is 2.66. The second-order valence-corrected chi connectivity index (χ2v) is 5.05. The molecule has 0 aliphatic rings. The van der Waals surface area contributed by atoms with E-state index in [1.807, 2.05) is 19.2 Å². The molecule has 0 fully saturated rings. The summed E-state index contributed by atoms with van der Waals surface area (Å²) in [4.78, 5) is 6.62. The van der Waals surface area contributed by atoms with E-state index < -0.39 is 0 Å². The predicted molar refractivity (Wildman–Crippen MR) is 83.4 cm³/mol. The van der Waals surface area contributed by atoms with E-state index in [0.717, 1.165) is 12.2 Å². The van der Waals surface area contributed by atoms with Gasteiger partial charge in [0.2, 0.25) is 0 Å². The minimum Gasteiger partial charge on any atom is -0.388 e. The molecule has 0 radical (unpaired) electrons. The van der Waals surface area contributed by atoms with Crippen molar-refractivity contribution in [2.75, 3.05) is 11.9 Å². The summed E-state index contributed by atoms with van der Waals surface area (Å²) in [6, 6.07) is 12.4. The molecule has 19 heavy (non-hydrogen) atoms. The lowest BCUT2D eigenvalue weighted by Crippen LogP contribution is -2.18. The highest BCUT2D eigenvalue weighted by molar-refractivity contribution is 7.80. The molecule has 1 aromatic heterocycles. The van der Waals surface area contributed by atoms with Crippen molar-refractivity contribution in [1.29, 1.82) is 0 Å². The van der Waals surface area contributed by atoms with E-state index in [9.17, 15) is 0 Å². The molecule has 4 heteroatoms. The number of rotatable bonds is 4. The van der Waals surface area contributed by atoms with Crippen LogP contribution in [0.15, 0.2) is 42.6 Å². The third-order valence-electron chi connectivity index (χ3n) is 2.98. The van der Waals surface area contributed by atoms with Gasteiger partial charge in [-0.2, -0.15) is 0 Å². The normalized spacial score (nSPS) is 10.2. The van der Waals surface area contributed by atoms with Crippen LogP contribution in [0, 0.1) is 6.92 Å². The van der Waals surface area contributed by atoms with Crippen LogP contribution in [0.25, 0.3) is 0 Å². The van der Waals surface area contributed by atoms with Crippen molar-refractivity contribution >= 4 is 22.9 Å². The first kappa shape index (κ1) is 13.5. The minimum absolute atomic E-state index is 0.325. The molecule has 0 aliphatic carbocycles. The molecular weight excluding hydrogens is 254 g/mol. The summed E-state index contributed by atoms with van der Waals surface area (Å²) in [6.07, 6.45) is 1.73. The molecular formula is C15H17N3S. The average Bonchev–Trinajstić information content (AvgIpc) is 2.41. The van der Waals surface area contributed by atoms with Crippen LogP contribution in [0.4, 0.5) is 5.69 Å². The number of thiocarbonyl (C=S) groups is 1.